The Hall–Kier alpha value is -3.18. The van der Waals surface area contributed by atoms with Crippen LogP contribution in [0.25, 0.3) is 11.3 Å². The first-order chi connectivity index (χ1) is 15.6. The number of fused-ring (bicyclic) bond motifs is 1. The Bertz CT molecular complexity index is 1250. The molecule has 172 valence electrons. The summed E-state index contributed by atoms with van der Waals surface area (Å²) < 4.78 is 10.5. The van der Waals surface area contributed by atoms with Gasteiger partial charge in [0.1, 0.15) is 11.3 Å². The number of pyridine rings is 1. The normalized spacial score (nSPS) is 15.2. The molecule has 0 unspecified atom stereocenters. The van der Waals surface area contributed by atoms with E-state index in [0.29, 0.717) is 10.6 Å². The number of carbonyl (C=O) groups is 2. The van der Waals surface area contributed by atoms with Gasteiger partial charge in [0.25, 0.3) is 5.56 Å². The number of thioether (sulfide) groups is 1. The Kier molecular flexibility index (Phi) is 6.26. The summed E-state index contributed by atoms with van der Waals surface area (Å²) in [5.74, 6) is -0.776. The fourth-order valence-electron chi connectivity index (χ4n) is 3.48. The molecule has 1 aliphatic rings. The Morgan fingerprint density at radius 1 is 1.27 bits per heavy atom. The van der Waals surface area contributed by atoms with E-state index in [-0.39, 0.29) is 23.2 Å². The number of aromatic nitrogens is 3. The molecule has 0 radical (unpaired) electrons. The van der Waals surface area contributed by atoms with Crippen molar-refractivity contribution in [1.29, 1.82) is 0 Å². The van der Waals surface area contributed by atoms with Crippen molar-refractivity contribution in [2.75, 3.05) is 5.75 Å². The summed E-state index contributed by atoms with van der Waals surface area (Å²) in [5, 5.41) is 18.3. The molecule has 0 fully saturated rings. The molecule has 3 aromatic rings. The third-order valence-electron chi connectivity index (χ3n) is 4.89. The molecule has 1 aromatic carbocycles. The number of aromatic carboxylic acids is 1. The zero-order valence-electron chi connectivity index (χ0n) is 18.2. The van der Waals surface area contributed by atoms with Crippen LogP contribution in [0.2, 0.25) is 0 Å². The molecule has 1 atom stereocenters. The topological polar surface area (TPSA) is 123 Å². The van der Waals surface area contributed by atoms with Crippen LogP contribution in [0, 0.1) is 0 Å². The van der Waals surface area contributed by atoms with E-state index >= 15 is 0 Å². The number of amides is 1. The molecule has 0 bridgehead atoms. The first kappa shape index (κ1) is 23.0. The minimum absolute atomic E-state index is 0.0354. The number of carbonyl (C=O) groups excluding carboxylic acids is 1. The smallest absolute Gasteiger partial charge is 0.408 e. The molecule has 2 N–H and O–H groups in total. The zero-order valence-corrected chi connectivity index (χ0v) is 19.8. The van der Waals surface area contributed by atoms with Crippen molar-refractivity contribution in [2.24, 2.45) is 0 Å². The van der Waals surface area contributed by atoms with Crippen molar-refractivity contribution in [3.8, 4) is 11.3 Å². The summed E-state index contributed by atoms with van der Waals surface area (Å²) >= 11 is 2.51. The van der Waals surface area contributed by atoms with Gasteiger partial charge in [-0.05, 0) is 37.9 Å². The number of hydrogen-bond donors (Lipinski definition) is 2. The van der Waals surface area contributed by atoms with Crippen molar-refractivity contribution >= 4 is 35.4 Å². The van der Waals surface area contributed by atoms with Crippen LogP contribution in [0.3, 0.4) is 0 Å². The highest BCUT2D eigenvalue weighted by molar-refractivity contribution is 7.99. The Labute approximate surface area is 198 Å². The quantitative estimate of drug-likeness (QED) is 0.558. The first-order valence-electron chi connectivity index (χ1n) is 10.1. The summed E-state index contributed by atoms with van der Waals surface area (Å²) in [4.78, 5) is 37.9. The van der Waals surface area contributed by atoms with E-state index in [2.05, 4.69) is 14.9 Å². The van der Waals surface area contributed by atoms with Crippen LogP contribution in [0.1, 0.15) is 48.3 Å². The monoisotopic (exact) mass is 486 g/mol. The number of carboxylic acids is 1. The molecular weight excluding hydrogens is 464 g/mol. The second kappa shape index (κ2) is 8.99. The van der Waals surface area contributed by atoms with Gasteiger partial charge in [0.05, 0.1) is 23.7 Å². The number of carboxylic acid groups (broad SMARTS) is 1. The summed E-state index contributed by atoms with van der Waals surface area (Å²) in [7, 11) is 0. The van der Waals surface area contributed by atoms with E-state index in [1.165, 1.54) is 34.1 Å². The lowest BCUT2D eigenvalue weighted by Gasteiger charge is -2.22. The maximum atomic E-state index is 13.3. The van der Waals surface area contributed by atoms with Gasteiger partial charge in [0, 0.05) is 27.8 Å². The molecule has 4 rings (SSSR count). The van der Waals surface area contributed by atoms with E-state index in [1.54, 1.807) is 20.8 Å². The number of nitrogens with zero attached hydrogens (tertiary/aromatic N) is 3. The fourth-order valence-corrected chi connectivity index (χ4v) is 5.21. The first-order valence-corrected chi connectivity index (χ1v) is 11.9. The highest BCUT2D eigenvalue weighted by atomic mass is 32.2. The number of ether oxygens (including phenoxy) is 1. The molecule has 9 nitrogen and oxygen atoms in total. The summed E-state index contributed by atoms with van der Waals surface area (Å²) in [5.41, 5.74) is 1.77. The molecule has 3 heterocycles. The van der Waals surface area contributed by atoms with Crippen LogP contribution in [0.4, 0.5) is 4.79 Å². The average Bonchev–Trinajstić information content (AvgIpc) is 3.40. The van der Waals surface area contributed by atoms with E-state index in [9.17, 15) is 19.5 Å². The molecular formula is C22H22N4O5S2. The van der Waals surface area contributed by atoms with Gasteiger partial charge in [-0.2, -0.15) is 0 Å². The Morgan fingerprint density at radius 2 is 2.00 bits per heavy atom. The third-order valence-corrected chi connectivity index (χ3v) is 6.63. The minimum Gasteiger partial charge on any atom is -0.478 e. The fraction of sp³-hybridized carbons (Fsp3) is 0.318. The lowest BCUT2D eigenvalue weighted by molar-refractivity contribution is 0.0508. The van der Waals surface area contributed by atoms with Crippen LogP contribution in [0.5, 0.6) is 0 Å². The SMILES string of the molecule is CC(C)(C)OC(=O)N[C@H]1CSc2c(C(=O)O)cn(Cc3ccc(-c4csnn4)cc3)c(=O)c21. The Morgan fingerprint density at radius 3 is 2.61 bits per heavy atom. The van der Waals surface area contributed by atoms with E-state index < -0.39 is 23.7 Å². The Balaban J connectivity index is 1.65. The predicted octanol–water partition coefficient (Wildman–Crippen LogP) is 3.78. The van der Waals surface area contributed by atoms with E-state index in [1.807, 2.05) is 29.6 Å². The highest BCUT2D eigenvalue weighted by Gasteiger charge is 2.34. The van der Waals surface area contributed by atoms with E-state index in [0.717, 1.165) is 16.8 Å². The predicted molar refractivity (Wildman–Crippen MR) is 125 cm³/mol. The molecule has 0 aliphatic carbocycles. The van der Waals surface area contributed by atoms with Gasteiger partial charge < -0.3 is 19.7 Å². The van der Waals surface area contributed by atoms with Crippen molar-refractivity contribution in [2.45, 2.75) is 43.9 Å². The number of nitrogens with one attached hydrogen (secondary N) is 1. The van der Waals surface area contributed by atoms with Gasteiger partial charge in [-0.3, -0.25) is 4.79 Å². The number of hydrogen-bond acceptors (Lipinski definition) is 8. The largest absolute Gasteiger partial charge is 0.478 e. The van der Waals surface area contributed by atoms with Gasteiger partial charge in [-0.15, -0.1) is 16.9 Å². The average molecular weight is 487 g/mol. The number of rotatable bonds is 5. The highest BCUT2D eigenvalue weighted by Crippen LogP contribution is 2.38. The van der Waals surface area contributed by atoms with Gasteiger partial charge in [-0.1, -0.05) is 28.8 Å². The van der Waals surface area contributed by atoms with Crippen LogP contribution < -0.4 is 10.9 Å². The van der Waals surface area contributed by atoms with Crippen molar-refractivity contribution < 1.29 is 19.4 Å². The summed E-state index contributed by atoms with van der Waals surface area (Å²) in [6.07, 6.45) is 0.713. The maximum Gasteiger partial charge on any atom is 0.408 e. The minimum atomic E-state index is -1.13. The summed E-state index contributed by atoms with van der Waals surface area (Å²) in [6.45, 7) is 5.42. The molecule has 1 aliphatic heterocycles. The standard InChI is InChI=1S/C22H22N4O5S2/c1-22(2,3)31-21(30)23-16-10-32-18-14(20(28)29)9-26(19(27)17(16)18)8-12-4-6-13(7-5-12)15-11-33-25-24-15/h4-7,9,11,16H,8,10H2,1-3H3,(H,23,30)(H,28,29)/t16-/m0/s1. The van der Waals surface area contributed by atoms with Gasteiger partial charge >= 0.3 is 12.1 Å². The molecule has 33 heavy (non-hydrogen) atoms. The van der Waals surface area contributed by atoms with Crippen LogP contribution in [0.15, 0.2) is 45.5 Å². The lowest BCUT2D eigenvalue weighted by atomic mass is 10.1. The molecule has 11 heteroatoms. The molecule has 0 saturated carbocycles. The van der Waals surface area contributed by atoms with Crippen LogP contribution in [-0.2, 0) is 11.3 Å². The zero-order chi connectivity index (χ0) is 23.8. The third kappa shape index (κ3) is 5.09. The number of benzene rings is 1. The molecule has 1 amide bonds. The lowest BCUT2D eigenvalue weighted by Crippen LogP contribution is -2.38. The van der Waals surface area contributed by atoms with Gasteiger partial charge in [0.15, 0.2) is 0 Å². The second-order valence-electron chi connectivity index (χ2n) is 8.52. The van der Waals surface area contributed by atoms with Crippen molar-refractivity contribution in [1.82, 2.24) is 19.5 Å². The molecule has 2 aromatic heterocycles. The number of alkyl carbamates (subject to hydrolysis) is 1. The van der Waals surface area contributed by atoms with Crippen molar-refractivity contribution in [3.05, 3.63) is 62.9 Å². The van der Waals surface area contributed by atoms with Crippen LogP contribution in [-0.4, -0.2) is 42.7 Å². The van der Waals surface area contributed by atoms with Crippen LogP contribution >= 0.6 is 23.3 Å². The van der Waals surface area contributed by atoms with E-state index in [4.69, 9.17) is 4.74 Å². The van der Waals surface area contributed by atoms with Gasteiger partial charge in [0.2, 0.25) is 0 Å². The van der Waals surface area contributed by atoms with Crippen molar-refractivity contribution in [3.63, 3.8) is 0 Å². The maximum absolute atomic E-state index is 13.3. The summed E-state index contributed by atoms with van der Waals surface area (Å²) in [6, 6.07) is 6.84. The van der Waals surface area contributed by atoms with Gasteiger partial charge in [-0.25, -0.2) is 9.59 Å². The second-order valence-corrected chi connectivity index (χ2v) is 10.2. The molecule has 0 saturated heterocycles. The molecule has 0 spiro atoms.